The molecule has 3 atom stereocenters. The number of benzene rings is 1. The molecular weight excluding hydrogens is 328 g/mol. The Balaban J connectivity index is 1.85. The van der Waals surface area contributed by atoms with Crippen LogP contribution >= 0.6 is 0 Å². The minimum atomic E-state index is -1.64. The van der Waals surface area contributed by atoms with E-state index in [-0.39, 0.29) is 19.6 Å². The standard InChI is InChI=1S/C17H24N2O6/c1-15(2)16(22,17(15,23)10-18)8-12(19)13(20)25-14(21)24-9-11-6-4-3-5-7-11/h3-7,12,22-23H,8-10,18-19H2,1-2H3/t12-,16?,17?/m0/s1. The molecule has 0 spiro atoms. The molecule has 25 heavy (non-hydrogen) atoms. The zero-order chi connectivity index (χ0) is 18.9. The van der Waals surface area contributed by atoms with Crippen LogP contribution in [0.5, 0.6) is 0 Å². The number of esters is 1. The number of nitrogens with two attached hydrogens (primary N) is 2. The minimum Gasteiger partial charge on any atom is -0.429 e. The Kier molecular flexibility index (Phi) is 5.19. The lowest BCUT2D eigenvalue weighted by Crippen LogP contribution is -2.42. The molecule has 6 N–H and O–H groups in total. The van der Waals surface area contributed by atoms with E-state index >= 15 is 0 Å². The van der Waals surface area contributed by atoms with Crippen molar-refractivity contribution in [3.8, 4) is 0 Å². The lowest BCUT2D eigenvalue weighted by molar-refractivity contribution is -0.143. The average Bonchev–Trinajstić information content (AvgIpc) is 2.92. The smallest absolute Gasteiger partial charge is 0.429 e. The molecule has 0 amide bonds. The van der Waals surface area contributed by atoms with Gasteiger partial charge >= 0.3 is 12.1 Å². The second kappa shape index (κ2) is 6.72. The molecule has 0 bridgehead atoms. The highest BCUT2D eigenvalue weighted by molar-refractivity contribution is 5.85. The Morgan fingerprint density at radius 2 is 1.76 bits per heavy atom. The van der Waals surface area contributed by atoms with Gasteiger partial charge in [-0.15, -0.1) is 0 Å². The van der Waals surface area contributed by atoms with Crippen LogP contribution in [0.3, 0.4) is 0 Å². The van der Waals surface area contributed by atoms with Crippen molar-refractivity contribution >= 4 is 12.1 Å². The second-order valence-electron chi connectivity index (χ2n) is 6.81. The van der Waals surface area contributed by atoms with Crippen molar-refractivity contribution in [1.29, 1.82) is 0 Å². The summed E-state index contributed by atoms with van der Waals surface area (Å²) in [5, 5.41) is 20.9. The molecule has 0 aromatic heterocycles. The van der Waals surface area contributed by atoms with Crippen LogP contribution < -0.4 is 11.5 Å². The molecule has 1 saturated carbocycles. The van der Waals surface area contributed by atoms with Gasteiger partial charge in [-0.1, -0.05) is 44.2 Å². The molecule has 2 unspecified atom stereocenters. The van der Waals surface area contributed by atoms with E-state index in [1.807, 2.05) is 6.07 Å². The number of carbonyl (C=O) groups excluding carboxylic acids is 2. The SMILES string of the molecule is CC1(C)C(O)(CN)C1(O)C[C@H](N)C(=O)OC(=O)OCc1ccccc1. The van der Waals surface area contributed by atoms with Crippen LogP contribution in [-0.4, -0.2) is 46.1 Å². The third-order valence-electron chi connectivity index (χ3n) is 5.19. The van der Waals surface area contributed by atoms with Crippen molar-refractivity contribution < 1.29 is 29.3 Å². The maximum Gasteiger partial charge on any atom is 0.516 e. The van der Waals surface area contributed by atoms with Crippen LogP contribution in [0.1, 0.15) is 25.8 Å². The fourth-order valence-corrected chi connectivity index (χ4v) is 3.17. The monoisotopic (exact) mass is 352 g/mol. The highest BCUT2D eigenvalue weighted by Crippen LogP contribution is 2.66. The summed E-state index contributed by atoms with van der Waals surface area (Å²) >= 11 is 0. The molecule has 1 aliphatic carbocycles. The van der Waals surface area contributed by atoms with Crippen molar-refractivity contribution in [3.63, 3.8) is 0 Å². The number of hydrogen-bond acceptors (Lipinski definition) is 8. The van der Waals surface area contributed by atoms with Gasteiger partial charge in [-0.2, -0.15) is 0 Å². The van der Waals surface area contributed by atoms with Crippen LogP contribution in [0.15, 0.2) is 30.3 Å². The molecule has 1 aromatic rings. The van der Waals surface area contributed by atoms with Gasteiger partial charge in [0.05, 0.1) is 0 Å². The fourth-order valence-electron chi connectivity index (χ4n) is 3.17. The molecule has 1 fully saturated rings. The van der Waals surface area contributed by atoms with Gasteiger partial charge in [-0.25, -0.2) is 9.59 Å². The van der Waals surface area contributed by atoms with Gasteiger partial charge in [0.2, 0.25) is 0 Å². The molecule has 0 radical (unpaired) electrons. The molecule has 8 heteroatoms. The van der Waals surface area contributed by atoms with Crippen molar-refractivity contribution in [2.75, 3.05) is 6.54 Å². The summed E-state index contributed by atoms with van der Waals surface area (Å²) < 4.78 is 9.36. The summed E-state index contributed by atoms with van der Waals surface area (Å²) in [5.41, 5.74) is 7.82. The Morgan fingerprint density at radius 3 is 2.28 bits per heavy atom. The van der Waals surface area contributed by atoms with Gasteiger partial charge in [-0.3, -0.25) is 0 Å². The Bertz CT molecular complexity index is 650. The fraction of sp³-hybridized carbons (Fsp3) is 0.529. The zero-order valence-corrected chi connectivity index (χ0v) is 14.3. The maximum atomic E-state index is 11.9. The van der Waals surface area contributed by atoms with Crippen molar-refractivity contribution in [3.05, 3.63) is 35.9 Å². The maximum absolute atomic E-state index is 11.9. The summed E-state index contributed by atoms with van der Waals surface area (Å²) in [6.07, 6.45) is -1.47. The lowest BCUT2D eigenvalue weighted by Gasteiger charge is -2.18. The van der Waals surface area contributed by atoms with Crippen molar-refractivity contribution in [2.45, 2.75) is 44.1 Å². The number of rotatable bonds is 6. The summed E-state index contributed by atoms with van der Waals surface area (Å²) in [4.78, 5) is 23.5. The molecule has 0 heterocycles. The minimum absolute atomic E-state index is 0.0495. The number of aliphatic hydroxyl groups is 2. The van der Waals surface area contributed by atoms with Crippen LogP contribution in [-0.2, 0) is 20.9 Å². The molecule has 1 aromatic carbocycles. The Hall–Kier alpha value is -2.00. The molecule has 1 aliphatic rings. The molecule has 8 nitrogen and oxygen atoms in total. The van der Waals surface area contributed by atoms with E-state index in [2.05, 4.69) is 4.74 Å². The van der Waals surface area contributed by atoms with E-state index < -0.39 is 34.8 Å². The van der Waals surface area contributed by atoms with Crippen LogP contribution in [0.2, 0.25) is 0 Å². The van der Waals surface area contributed by atoms with Gasteiger partial charge in [0.15, 0.2) is 0 Å². The molecule has 0 saturated heterocycles. The first-order valence-electron chi connectivity index (χ1n) is 7.92. The summed E-state index contributed by atoms with van der Waals surface area (Å²) in [6.45, 7) is 3.00. The van der Waals surface area contributed by atoms with E-state index in [0.717, 1.165) is 5.56 Å². The first-order chi connectivity index (χ1) is 11.6. The molecule has 138 valence electrons. The van der Waals surface area contributed by atoms with Gasteiger partial charge in [0.25, 0.3) is 0 Å². The summed E-state index contributed by atoms with van der Waals surface area (Å²) in [7, 11) is 0. The Morgan fingerprint density at radius 1 is 1.16 bits per heavy atom. The number of carbonyl (C=O) groups is 2. The molecule has 2 rings (SSSR count). The van der Waals surface area contributed by atoms with Crippen LogP contribution in [0.4, 0.5) is 4.79 Å². The normalized spacial score (nSPS) is 28.1. The van der Waals surface area contributed by atoms with E-state index in [1.54, 1.807) is 38.1 Å². The predicted molar refractivity (Wildman–Crippen MR) is 88.0 cm³/mol. The van der Waals surface area contributed by atoms with Gasteiger partial charge in [0, 0.05) is 18.4 Å². The van der Waals surface area contributed by atoms with Crippen LogP contribution in [0, 0.1) is 5.41 Å². The van der Waals surface area contributed by atoms with Gasteiger partial charge in [0.1, 0.15) is 23.9 Å². The number of ether oxygens (including phenoxy) is 2. The quantitative estimate of drug-likeness (QED) is 0.415. The zero-order valence-electron chi connectivity index (χ0n) is 14.3. The molecular formula is C17H24N2O6. The second-order valence-corrected chi connectivity index (χ2v) is 6.81. The summed E-state index contributed by atoms with van der Waals surface area (Å²) in [6, 6.07) is 7.56. The lowest BCUT2D eigenvalue weighted by atomic mass is 10.0. The topological polar surface area (TPSA) is 145 Å². The van der Waals surface area contributed by atoms with E-state index in [4.69, 9.17) is 16.2 Å². The van der Waals surface area contributed by atoms with E-state index in [0.29, 0.717) is 0 Å². The predicted octanol–water partition coefficient (Wildman–Crippen LogP) is 0.0445. The highest BCUT2D eigenvalue weighted by Gasteiger charge is 2.81. The first kappa shape index (κ1) is 19.3. The summed E-state index contributed by atoms with van der Waals surface area (Å²) in [5.74, 6) is -1.05. The first-order valence-corrected chi connectivity index (χ1v) is 7.92. The van der Waals surface area contributed by atoms with E-state index in [1.165, 1.54) is 0 Å². The van der Waals surface area contributed by atoms with Gasteiger partial charge in [-0.05, 0) is 5.56 Å². The van der Waals surface area contributed by atoms with E-state index in [9.17, 15) is 19.8 Å². The largest absolute Gasteiger partial charge is 0.516 e. The number of hydrogen-bond donors (Lipinski definition) is 4. The van der Waals surface area contributed by atoms with Gasteiger partial charge < -0.3 is 31.2 Å². The third kappa shape index (κ3) is 3.25. The third-order valence-corrected chi connectivity index (χ3v) is 5.19. The van der Waals surface area contributed by atoms with Crippen molar-refractivity contribution in [1.82, 2.24) is 0 Å². The molecule has 0 aliphatic heterocycles. The average molecular weight is 352 g/mol. The highest BCUT2D eigenvalue weighted by atomic mass is 16.7. The Labute approximate surface area is 145 Å². The van der Waals surface area contributed by atoms with Crippen molar-refractivity contribution in [2.24, 2.45) is 16.9 Å². The van der Waals surface area contributed by atoms with Crippen LogP contribution in [0.25, 0.3) is 0 Å².